The van der Waals surface area contributed by atoms with E-state index >= 15 is 0 Å². The van der Waals surface area contributed by atoms with Gasteiger partial charge in [0.05, 0.1) is 6.10 Å². The molecule has 0 amide bonds. The molecule has 0 saturated carbocycles. The molecule has 0 aliphatic carbocycles. The number of likely N-dealkylation sites (tertiary alicyclic amines) is 1. The highest BCUT2D eigenvalue weighted by atomic mass is 35.5. The van der Waals surface area contributed by atoms with E-state index in [4.69, 9.17) is 27.9 Å². The van der Waals surface area contributed by atoms with Crippen molar-refractivity contribution in [3.8, 4) is 0 Å². The van der Waals surface area contributed by atoms with E-state index in [0.717, 1.165) is 38.1 Å². The minimum Gasteiger partial charge on any atom is -0.387 e. The SMILES string of the molecule is COCC1CCN(CC(O)c2ccc(Cl)cc2Cl)CC1. The van der Waals surface area contributed by atoms with E-state index in [9.17, 15) is 5.11 Å². The average Bonchev–Trinajstić information content (AvgIpc) is 2.41. The molecule has 0 radical (unpaired) electrons. The number of hydrogen-bond acceptors (Lipinski definition) is 3. The van der Waals surface area contributed by atoms with Crippen molar-refractivity contribution in [2.75, 3.05) is 33.4 Å². The lowest BCUT2D eigenvalue weighted by Gasteiger charge is -2.33. The van der Waals surface area contributed by atoms with Gasteiger partial charge in [0.2, 0.25) is 0 Å². The number of aliphatic hydroxyl groups is 1. The third kappa shape index (κ3) is 4.34. The highest BCUT2D eigenvalue weighted by molar-refractivity contribution is 6.35. The molecule has 1 saturated heterocycles. The number of nitrogens with zero attached hydrogens (tertiary/aromatic N) is 1. The summed E-state index contributed by atoms with van der Waals surface area (Å²) in [5.74, 6) is 0.646. The molecule has 112 valence electrons. The van der Waals surface area contributed by atoms with Crippen LogP contribution >= 0.6 is 23.2 Å². The summed E-state index contributed by atoms with van der Waals surface area (Å²) in [7, 11) is 1.75. The van der Waals surface area contributed by atoms with Gasteiger partial charge >= 0.3 is 0 Å². The molecule has 1 unspecified atom stereocenters. The van der Waals surface area contributed by atoms with Gasteiger partial charge < -0.3 is 14.7 Å². The fourth-order valence-corrected chi connectivity index (χ4v) is 3.22. The van der Waals surface area contributed by atoms with Crippen LogP contribution in [0.5, 0.6) is 0 Å². The fourth-order valence-electron chi connectivity index (χ4n) is 2.69. The minimum atomic E-state index is -0.571. The third-order valence-corrected chi connectivity index (χ3v) is 4.42. The molecule has 1 atom stereocenters. The van der Waals surface area contributed by atoms with Gasteiger partial charge in [-0.15, -0.1) is 0 Å². The van der Waals surface area contributed by atoms with E-state index in [1.807, 2.05) is 0 Å². The summed E-state index contributed by atoms with van der Waals surface area (Å²) in [5, 5.41) is 11.4. The van der Waals surface area contributed by atoms with Crippen molar-refractivity contribution in [3.05, 3.63) is 33.8 Å². The minimum absolute atomic E-state index is 0.527. The van der Waals surface area contributed by atoms with Gasteiger partial charge in [-0.25, -0.2) is 0 Å². The zero-order chi connectivity index (χ0) is 14.5. The van der Waals surface area contributed by atoms with Crippen LogP contribution in [0.3, 0.4) is 0 Å². The first kappa shape index (κ1) is 16.1. The van der Waals surface area contributed by atoms with E-state index in [1.165, 1.54) is 0 Å². The summed E-state index contributed by atoms with van der Waals surface area (Å²) < 4.78 is 5.20. The molecule has 1 aromatic carbocycles. The molecule has 1 N–H and O–H groups in total. The van der Waals surface area contributed by atoms with Crippen LogP contribution in [-0.4, -0.2) is 43.4 Å². The Morgan fingerprint density at radius 3 is 2.65 bits per heavy atom. The lowest BCUT2D eigenvalue weighted by atomic mass is 9.97. The van der Waals surface area contributed by atoms with Crippen LogP contribution in [0.15, 0.2) is 18.2 Å². The Hall–Kier alpha value is -0.320. The second kappa shape index (κ2) is 7.62. The van der Waals surface area contributed by atoms with Crippen LogP contribution in [0.4, 0.5) is 0 Å². The molecule has 0 spiro atoms. The smallest absolute Gasteiger partial charge is 0.0931 e. The second-order valence-corrected chi connectivity index (χ2v) is 6.22. The van der Waals surface area contributed by atoms with Gasteiger partial charge in [-0.3, -0.25) is 0 Å². The largest absolute Gasteiger partial charge is 0.387 e. The maximum absolute atomic E-state index is 10.3. The van der Waals surface area contributed by atoms with E-state index < -0.39 is 6.10 Å². The number of benzene rings is 1. The van der Waals surface area contributed by atoms with Crippen LogP contribution in [0.1, 0.15) is 24.5 Å². The Kier molecular flexibility index (Phi) is 6.12. The normalized spacial score (nSPS) is 19.2. The summed E-state index contributed by atoms with van der Waals surface area (Å²) in [6.07, 6.45) is 1.67. The highest BCUT2D eigenvalue weighted by Crippen LogP contribution is 2.28. The quantitative estimate of drug-likeness (QED) is 0.903. The van der Waals surface area contributed by atoms with Crippen molar-refractivity contribution in [1.82, 2.24) is 4.90 Å². The van der Waals surface area contributed by atoms with Crippen LogP contribution in [0.25, 0.3) is 0 Å². The van der Waals surface area contributed by atoms with Crippen LogP contribution in [-0.2, 0) is 4.74 Å². The number of hydrogen-bond donors (Lipinski definition) is 1. The molecule has 1 aliphatic heterocycles. The molecular formula is C15H21Cl2NO2. The van der Waals surface area contributed by atoms with Gasteiger partial charge in [-0.2, -0.15) is 0 Å². The molecule has 5 heteroatoms. The monoisotopic (exact) mass is 317 g/mol. The number of methoxy groups -OCH3 is 1. The average molecular weight is 318 g/mol. The van der Waals surface area contributed by atoms with Gasteiger partial charge in [0, 0.05) is 35.9 Å². The van der Waals surface area contributed by atoms with Crippen LogP contribution in [0.2, 0.25) is 10.0 Å². The third-order valence-electron chi connectivity index (χ3n) is 3.86. The maximum atomic E-state index is 10.3. The molecule has 1 heterocycles. The van der Waals surface area contributed by atoms with Gasteiger partial charge in [-0.05, 0) is 44.0 Å². The zero-order valence-electron chi connectivity index (χ0n) is 11.7. The Bertz CT molecular complexity index is 434. The molecule has 0 bridgehead atoms. The van der Waals surface area contributed by atoms with Crippen molar-refractivity contribution in [2.24, 2.45) is 5.92 Å². The Balaban J connectivity index is 1.87. The summed E-state index contributed by atoms with van der Waals surface area (Å²) in [4.78, 5) is 2.28. The lowest BCUT2D eigenvalue weighted by Crippen LogP contribution is -2.37. The zero-order valence-corrected chi connectivity index (χ0v) is 13.2. The van der Waals surface area contributed by atoms with E-state index in [0.29, 0.717) is 22.5 Å². The Morgan fingerprint density at radius 1 is 1.35 bits per heavy atom. The number of ether oxygens (including phenoxy) is 1. The standard InChI is InChI=1S/C15H21Cl2NO2/c1-20-10-11-4-6-18(7-5-11)9-15(19)13-3-2-12(16)8-14(13)17/h2-3,8,11,15,19H,4-7,9-10H2,1H3. The number of piperidine rings is 1. The van der Waals surface area contributed by atoms with E-state index in [-0.39, 0.29) is 0 Å². The van der Waals surface area contributed by atoms with Gasteiger partial charge in [0.15, 0.2) is 0 Å². The van der Waals surface area contributed by atoms with Gasteiger partial charge in [0.25, 0.3) is 0 Å². The molecule has 1 fully saturated rings. The van der Waals surface area contributed by atoms with Crippen molar-refractivity contribution in [3.63, 3.8) is 0 Å². The molecule has 2 rings (SSSR count). The first-order chi connectivity index (χ1) is 9.60. The number of β-amino-alcohol motifs (C(OH)–C–C–N with tert-alkyl or cyclic N) is 1. The van der Waals surface area contributed by atoms with Gasteiger partial charge in [0.1, 0.15) is 0 Å². The Labute approximate surface area is 130 Å². The molecule has 3 nitrogen and oxygen atoms in total. The highest BCUT2D eigenvalue weighted by Gasteiger charge is 2.22. The molecular weight excluding hydrogens is 297 g/mol. The molecule has 1 aliphatic rings. The number of rotatable bonds is 5. The first-order valence-corrected chi connectivity index (χ1v) is 7.70. The van der Waals surface area contributed by atoms with Crippen LogP contribution < -0.4 is 0 Å². The predicted octanol–water partition coefficient (Wildman–Crippen LogP) is 3.39. The molecule has 0 aromatic heterocycles. The van der Waals surface area contributed by atoms with Crippen molar-refractivity contribution < 1.29 is 9.84 Å². The topological polar surface area (TPSA) is 32.7 Å². The predicted molar refractivity (Wildman–Crippen MR) is 82.5 cm³/mol. The van der Waals surface area contributed by atoms with E-state index in [2.05, 4.69) is 4.90 Å². The second-order valence-electron chi connectivity index (χ2n) is 5.38. The first-order valence-electron chi connectivity index (χ1n) is 6.94. The maximum Gasteiger partial charge on any atom is 0.0931 e. The molecule has 20 heavy (non-hydrogen) atoms. The Morgan fingerprint density at radius 2 is 2.05 bits per heavy atom. The van der Waals surface area contributed by atoms with Gasteiger partial charge in [-0.1, -0.05) is 29.3 Å². The van der Waals surface area contributed by atoms with Crippen molar-refractivity contribution in [2.45, 2.75) is 18.9 Å². The molecule has 1 aromatic rings. The summed E-state index contributed by atoms with van der Waals surface area (Å²) in [6, 6.07) is 5.23. The lowest BCUT2D eigenvalue weighted by molar-refractivity contribution is 0.0657. The van der Waals surface area contributed by atoms with E-state index in [1.54, 1.807) is 25.3 Å². The fraction of sp³-hybridized carbons (Fsp3) is 0.600. The van der Waals surface area contributed by atoms with Crippen molar-refractivity contribution in [1.29, 1.82) is 0 Å². The summed E-state index contributed by atoms with van der Waals surface area (Å²) in [5.41, 5.74) is 0.745. The van der Waals surface area contributed by atoms with Crippen LogP contribution in [0, 0.1) is 5.92 Å². The number of halogens is 2. The van der Waals surface area contributed by atoms with Crippen molar-refractivity contribution >= 4 is 23.2 Å². The summed E-state index contributed by atoms with van der Waals surface area (Å²) >= 11 is 12.0. The number of aliphatic hydroxyl groups excluding tert-OH is 1. The summed E-state index contributed by atoms with van der Waals surface area (Å²) in [6.45, 7) is 3.44.